The van der Waals surface area contributed by atoms with E-state index in [1.54, 1.807) is 0 Å². The molecule has 1 heteroatoms. The van der Waals surface area contributed by atoms with Gasteiger partial charge in [0.15, 0.2) is 0 Å². The third-order valence-corrected chi connectivity index (χ3v) is 5.82. The maximum atomic E-state index is 2.56. The van der Waals surface area contributed by atoms with Crippen molar-refractivity contribution >= 4 is 11.3 Å². The Labute approximate surface area is 160 Å². The lowest BCUT2D eigenvalue weighted by atomic mass is 9.67. The third kappa shape index (κ3) is 3.54. The van der Waals surface area contributed by atoms with Crippen molar-refractivity contribution < 1.29 is 0 Å². The highest BCUT2D eigenvalue weighted by Crippen LogP contribution is 2.48. The number of benzene rings is 1. The van der Waals surface area contributed by atoms with Crippen LogP contribution in [-0.4, -0.2) is 14.1 Å². The molecular weight excluding hydrogens is 314 g/mol. The van der Waals surface area contributed by atoms with Crippen LogP contribution < -0.4 is 4.90 Å². The summed E-state index contributed by atoms with van der Waals surface area (Å²) in [7, 11) is 4.25. The Hall–Kier alpha value is -1.76. The van der Waals surface area contributed by atoms with Gasteiger partial charge in [-0.15, -0.1) is 0 Å². The van der Waals surface area contributed by atoms with Crippen LogP contribution in [-0.2, 0) is 6.42 Å². The van der Waals surface area contributed by atoms with Crippen LogP contribution in [0.3, 0.4) is 0 Å². The summed E-state index contributed by atoms with van der Waals surface area (Å²) >= 11 is 0. The van der Waals surface area contributed by atoms with E-state index >= 15 is 0 Å². The van der Waals surface area contributed by atoms with Gasteiger partial charge in [-0.1, -0.05) is 71.8 Å². The minimum atomic E-state index is 0.130. The van der Waals surface area contributed by atoms with Gasteiger partial charge in [0.2, 0.25) is 0 Å². The molecule has 3 rings (SSSR count). The normalized spacial score (nSPS) is 22.0. The Bertz CT molecular complexity index is 783. The molecule has 1 aromatic carbocycles. The maximum Gasteiger partial charge on any atom is 0.0364 e. The Kier molecular flexibility index (Phi) is 4.94. The molecule has 0 radical (unpaired) electrons. The third-order valence-electron chi connectivity index (χ3n) is 5.82. The average Bonchev–Trinajstić information content (AvgIpc) is 2.56. The summed E-state index contributed by atoms with van der Waals surface area (Å²) < 4.78 is 0. The predicted octanol–water partition coefficient (Wildman–Crippen LogP) is 6.80. The van der Waals surface area contributed by atoms with Crippen molar-refractivity contribution in [1.82, 2.24) is 0 Å². The van der Waals surface area contributed by atoms with Crippen LogP contribution in [0, 0.1) is 10.8 Å². The summed E-state index contributed by atoms with van der Waals surface area (Å²) in [5.74, 6) is 0. The first-order chi connectivity index (χ1) is 12.1. The molecule has 0 saturated heterocycles. The summed E-state index contributed by atoms with van der Waals surface area (Å²) in [5.41, 5.74) is 9.04. The molecule has 0 fully saturated rings. The van der Waals surface area contributed by atoms with Gasteiger partial charge in [-0.2, -0.15) is 0 Å². The molecule has 1 atom stereocenters. The van der Waals surface area contributed by atoms with Gasteiger partial charge in [-0.3, -0.25) is 0 Å². The van der Waals surface area contributed by atoms with Gasteiger partial charge >= 0.3 is 0 Å². The number of hydrogen-bond donors (Lipinski definition) is 0. The summed E-state index contributed by atoms with van der Waals surface area (Å²) in [5, 5.41) is 0. The first-order valence-electron chi connectivity index (χ1n) is 10.1. The van der Waals surface area contributed by atoms with Gasteiger partial charge in [-0.05, 0) is 58.2 Å². The summed E-state index contributed by atoms with van der Waals surface area (Å²) in [6.45, 7) is 11.7. The molecule has 0 saturated carbocycles. The lowest BCUT2D eigenvalue weighted by molar-refractivity contribution is 0.467. The van der Waals surface area contributed by atoms with E-state index in [0.29, 0.717) is 0 Å². The highest BCUT2D eigenvalue weighted by molar-refractivity contribution is 5.84. The van der Waals surface area contributed by atoms with Gasteiger partial charge in [0.1, 0.15) is 0 Å². The minimum absolute atomic E-state index is 0.130. The molecule has 1 unspecified atom stereocenters. The molecule has 1 nitrogen and oxygen atoms in total. The fourth-order valence-electron chi connectivity index (χ4n) is 4.41. The second-order valence-corrected chi connectivity index (χ2v) is 9.56. The highest BCUT2D eigenvalue weighted by Gasteiger charge is 2.33. The van der Waals surface area contributed by atoms with Gasteiger partial charge in [0.25, 0.3) is 0 Å². The molecule has 0 spiro atoms. The molecule has 0 bridgehead atoms. The van der Waals surface area contributed by atoms with Gasteiger partial charge in [0.05, 0.1) is 0 Å². The van der Waals surface area contributed by atoms with E-state index in [2.05, 4.69) is 90.0 Å². The number of anilines is 1. The number of nitrogens with zero attached hydrogens (tertiary/aromatic N) is 1. The van der Waals surface area contributed by atoms with Crippen molar-refractivity contribution in [2.75, 3.05) is 19.0 Å². The SMILES string of the molecule is CCCCC1(C)C=CC2=C(C(C)(C)C)c3ccc(N(C)C)cc3CC2=C1. The molecule has 140 valence electrons. The smallest absolute Gasteiger partial charge is 0.0364 e. The lowest BCUT2D eigenvalue weighted by Gasteiger charge is -2.37. The fourth-order valence-corrected chi connectivity index (χ4v) is 4.41. The van der Waals surface area contributed by atoms with Gasteiger partial charge in [-0.25, -0.2) is 0 Å². The number of allylic oxidation sites excluding steroid dienone is 6. The topological polar surface area (TPSA) is 3.24 Å². The minimum Gasteiger partial charge on any atom is -0.378 e. The summed E-state index contributed by atoms with van der Waals surface area (Å²) in [6.07, 6.45) is 12.3. The Morgan fingerprint density at radius 2 is 1.88 bits per heavy atom. The van der Waals surface area contributed by atoms with Crippen molar-refractivity contribution in [2.45, 2.75) is 60.3 Å². The largest absolute Gasteiger partial charge is 0.378 e. The van der Waals surface area contributed by atoms with Crippen LogP contribution in [0.25, 0.3) is 5.57 Å². The lowest BCUT2D eigenvalue weighted by Crippen LogP contribution is -2.22. The standard InChI is InChI=1S/C25H35N/c1-8-9-13-25(5)14-12-22-19(17-25)15-18-16-20(26(6)7)10-11-21(18)23(22)24(2,3)4/h10-12,14,16-17H,8-9,13,15H2,1-7H3. The molecule has 0 aromatic heterocycles. The molecule has 0 aliphatic heterocycles. The summed E-state index contributed by atoms with van der Waals surface area (Å²) in [4.78, 5) is 2.21. The van der Waals surface area contributed by atoms with E-state index in [9.17, 15) is 0 Å². The number of fused-ring (bicyclic) bond motifs is 2. The van der Waals surface area contributed by atoms with Crippen LogP contribution in [0.15, 0.2) is 47.6 Å². The van der Waals surface area contributed by atoms with Crippen LogP contribution in [0.5, 0.6) is 0 Å². The first kappa shape index (κ1) is 19.0. The zero-order chi connectivity index (χ0) is 19.1. The van der Waals surface area contributed by atoms with E-state index in [1.807, 2.05) is 0 Å². The van der Waals surface area contributed by atoms with Crippen LogP contribution >= 0.6 is 0 Å². The predicted molar refractivity (Wildman–Crippen MR) is 116 cm³/mol. The van der Waals surface area contributed by atoms with E-state index < -0.39 is 0 Å². The van der Waals surface area contributed by atoms with Crippen LogP contribution in [0.4, 0.5) is 5.69 Å². The quantitative estimate of drug-likeness (QED) is 0.577. The molecule has 2 aliphatic carbocycles. The summed E-state index contributed by atoms with van der Waals surface area (Å²) in [6, 6.07) is 6.99. The van der Waals surface area contributed by atoms with Gasteiger partial charge in [0, 0.05) is 25.2 Å². The molecular formula is C25H35N. The second kappa shape index (κ2) is 6.76. The molecule has 2 aliphatic rings. The highest BCUT2D eigenvalue weighted by atomic mass is 15.1. The van der Waals surface area contributed by atoms with Gasteiger partial charge < -0.3 is 4.90 Å². The van der Waals surface area contributed by atoms with Crippen LogP contribution in [0.2, 0.25) is 0 Å². The zero-order valence-corrected chi connectivity index (χ0v) is 17.7. The van der Waals surface area contributed by atoms with Crippen molar-refractivity contribution in [2.24, 2.45) is 10.8 Å². The number of unbranched alkanes of at least 4 members (excludes halogenated alkanes) is 1. The Morgan fingerprint density at radius 1 is 1.15 bits per heavy atom. The molecule has 0 N–H and O–H groups in total. The molecule has 0 amide bonds. The maximum absolute atomic E-state index is 2.56. The Balaban J connectivity index is 2.15. The molecule has 26 heavy (non-hydrogen) atoms. The van der Waals surface area contributed by atoms with E-state index in [-0.39, 0.29) is 10.8 Å². The second-order valence-electron chi connectivity index (χ2n) is 9.56. The van der Waals surface area contributed by atoms with Crippen molar-refractivity contribution in [1.29, 1.82) is 0 Å². The molecule has 1 aromatic rings. The number of rotatable bonds is 4. The van der Waals surface area contributed by atoms with Crippen molar-refractivity contribution in [3.8, 4) is 0 Å². The fraction of sp³-hybridized carbons (Fsp3) is 0.520. The number of hydrogen-bond acceptors (Lipinski definition) is 1. The van der Waals surface area contributed by atoms with Crippen molar-refractivity contribution in [3.63, 3.8) is 0 Å². The van der Waals surface area contributed by atoms with Crippen molar-refractivity contribution in [3.05, 3.63) is 58.7 Å². The molecule has 0 heterocycles. The van der Waals surface area contributed by atoms with Crippen LogP contribution in [0.1, 0.15) is 65.0 Å². The van der Waals surface area contributed by atoms with E-state index in [4.69, 9.17) is 0 Å². The van der Waals surface area contributed by atoms with E-state index in [0.717, 1.165) is 6.42 Å². The Morgan fingerprint density at radius 3 is 2.50 bits per heavy atom. The van der Waals surface area contributed by atoms with E-state index in [1.165, 1.54) is 52.8 Å². The average molecular weight is 350 g/mol. The first-order valence-corrected chi connectivity index (χ1v) is 10.1. The monoisotopic (exact) mass is 349 g/mol. The zero-order valence-electron chi connectivity index (χ0n) is 17.7.